The topological polar surface area (TPSA) is 73.3 Å². The molecule has 174 valence electrons. The number of nitrogens with zero attached hydrogens (tertiary/aromatic N) is 2. The minimum atomic E-state index is -4.62. The minimum Gasteiger partial charge on any atom is -0.497 e. The molecule has 0 fully saturated rings. The van der Waals surface area contributed by atoms with Gasteiger partial charge in [-0.1, -0.05) is 23.9 Å². The Hall–Kier alpha value is -3.27. The molecule has 0 radical (unpaired) electrons. The fourth-order valence-electron chi connectivity index (χ4n) is 2.81. The lowest BCUT2D eigenvalue weighted by molar-refractivity contribution is -0.141. The lowest BCUT2D eigenvalue weighted by Crippen LogP contribution is -2.23. The zero-order valence-electron chi connectivity index (χ0n) is 18.0. The van der Waals surface area contributed by atoms with Gasteiger partial charge in [-0.15, -0.1) is 0 Å². The zero-order chi connectivity index (χ0) is 23.8. The van der Waals surface area contributed by atoms with Crippen LogP contribution in [-0.2, 0) is 17.5 Å². The quantitative estimate of drug-likeness (QED) is 0.346. The predicted molar refractivity (Wildman–Crippen MR) is 119 cm³/mol. The highest BCUT2D eigenvalue weighted by molar-refractivity contribution is 7.99. The molecule has 2 aromatic carbocycles. The van der Waals surface area contributed by atoms with Gasteiger partial charge in [-0.05, 0) is 48.0 Å². The molecule has 3 rings (SSSR count). The molecule has 0 aliphatic rings. The maximum Gasteiger partial charge on any atom is 0.433 e. The van der Waals surface area contributed by atoms with Crippen LogP contribution < -0.4 is 14.8 Å². The summed E-state index contributed by atoms with van der Waals surface area (Å²) in [6, 6.07) is 14.7. The predicted octanol–water partition coefficient (Wildman–Crippen LogP) is 4.98. The van der Waals surface area contributed by atoms with Crippen LogP contribution in [0.25, 0.3) is 11.3 Å². The lowest BCUT2D eigenvalue weighted by Gasteiger charge is -2.11. The Kier molecular flexibility index (Phi) is 8.16. The van der Waals surface area contributed by atoms with Gasteiger partial charge in [-0.2, -0.15) is 13.2 Å². The highest BCUT2D eigenvalue weighted by Gasteiger charge is 2.33. The van der Waals surface area contributed by atoms with Crippen LogP contribution in [0.2, 0.25) is 0 Å². The van der Waals surface area contributed by atoms with Crippen LogP contribution in [0, 0.1) is 0 Å². The number of carbonyl (C=O) groups excluding carboxylic acids is 1. The van der Waals surface area contributed by atoms with Gasteiger partial charge < -0.3 is 14.8 Å². The van der Waals surface area contributed by atoms with Crippen LogP contribution in [0.4, 0.5) is 13.2 Å². The molecule has 0 bridgehead atoms. The van der Waals surface area contributed by atoms with Gasteiger partial charge in [-0.25, -0.2) is 9.97 Å². The van der Waals surface area contributed by atoms with Crippen molar-refractivity contribution in [2.75, 3.05) is 20.0 Å². The van der Waals surface area contributed by atoms with Gasteiger partial charge in [0.15, 0.2) is 5.16 Å². The van der Waals surface area contributed by atoms with E-state index in [0.29, 0.717) is 17.9 Å². The molecule has 0 atom stereocenters. The number of carbonyl (C=O) groups is 1. The van der Waals surface area contributed by atoms with Crippen molar-refractivity contribution in [3.63, 3.8) is 0 Å². The SMILES string of the molecule is COc1ccc(CNC(=O)CCSc2nc(-c3ccc(OC)cc3)cc(C(F)(F)F)n2)cc1. The van der Waals surface area contributed by atoms with E-state index in [1.165, 1.54) is 7.11 Å². The standard InChI is InChI=1S/C23H22F3N3O3S/c1-31-17-7-3-15(4-8-17)14-27-21(30)11-12-33-22-28-19(13-20(29-22)23(24,25)26)16-5-9-18(32-2)10-6-16/h3-10,13H,11-12,14H2,1-2H3,(H,27,30). The molecular formula is C23H22F3N3O3S. The monoisotopic (exact) mass is 477 g/mol. The fraction of sp³-hybridized carbons (Fsp3) is 0.261. The molecule has 1 aromatic heterocycles. The van der Waals surface area contributed by atoms with E-state index < -0.39 is 11.9 Å². The summed E-state index contributed by atoms with van der Waals surface area (Å²) < 4.78 is 50.2. The average Bonchev–Trinajstić information content (AvgIpc) is 2.82. The van der Waals surface area contributed by atoms with E-state index in [9.17, 15) is 18.0 Å². The van der Waals surface area contributed by atoms with Crippen LogP contribution in [0.5, 0.6) is 11.5 Å². The van der Waals surface area contributed by atoms with E-state index in [-0.39, 0.29) is 28.9 Å². The first kappa shape index (κ1) is 24.4. The van der Waals surface area contributed by atoms with Gasteiger partial charge in [0.1, 0.15) is 17.2 Å². The molecule has 33 heavy (non-hydrogen) atoms. The molecule has 0 saturated carbocycles. The Morgan fingerprint density at radius 2 is 1.58 bits per heavy atom. The highest BCUT2D eigenvalue weighted by Crippen LogP contribution is 2.32. The molecule has 10 heteroatoms. The number of hydrogen-bond donors (Lipinski definition) is 1. The van der Waals surface area contributed by atoms with Crippen molar-refractivity contribution in [3.05, 3.63) is 65.9 Å². The number of nitrogens with one attached hydrogen (secondary N) is 1. The molecule has 0 spiro atoms. The van der Waals surface area contributed by atoms with E-state index in [1.807, 2.05) is 12.1 Å². The number of aromatic nitrogens is 2. The number of methoxy groups -OCH3 is 2. The number of benzene rings is 2. The van der Waals surface area contributed by atoms with Crippen molar-refractivity contribution < 1.29 is 27.4 Å². The number of hydrogen-bond acceptors (Lipinski definition) is 6. The van der Waals surface area contributed by atoms with Gasteiger partial charge in [0, 0.05) is 24.3 Å². The molecule has 1 amide bonds. The summed E-state index contributed by atoms with van der Waals surface area (Å²) in [5.41, 5.74) is 0.520. The Labute approximate surface area is 193 Å². The molecule has 6 nitrogen and oxygen atoms in total. The molecule has 0 aliphatic carbocycles. The van der Waals surface area contributed by atoms with Crippen molar-refractivity contribution in [2.24, 2.45) is 0 Å². The summed E-state index contributed by atoms with van der Waals surface area (Å²) >= 11 is 0.998. The van der Waals surface area contributed by atoms with Gasteiger partial charge in [0.25, 0.3) is 0 Å². The molecule has 0 unspecified atom stereocenters. The Bertz CT molecular complexity index is 1080. The number of amides is 1. The third-order valence-electron chi connectivity index (χ3n) is 4.59. The van der Waals surface area contributed by atoms with Crippen molar-refractivity contribution in [1.82, 2.24) is 15.3 Å². The first-order valence-corrected chi connectivity index (χ1v) is 10.9. The van der Waals surface area contributed by atoms with Crippen molar-refractivity contribution >= 4 is 17.7 Å². The second-order valence-corrected chi connectivity index (χ2v) is 7.93. The van der Waals surface area contributed by atoms with Gasteiger partial charge in [0.2, 0.25) is 5.91 Å². The molecule has 1 heterocycles. The summed E-state index contributed by atoms with van der Waals surface area (Å²) in [5.74, 6) is 1.31. The van der Waals surface area contributed by atoms with E-state index in [1.54, 1.807) is 43.5 Å². The van der Waals surface area contributed by atoms with E-state index in [4.69, 9.17) is 9.47 Å². The normalized spacial score (nSPS) is 11.2. The summed E-state index contributed by atoms with van der Waals surface area (Å²) in [7, 11) is 3.08. The van der Waals surface area contributed by atoms with Gasteiger partial charge in [-0.3, -0.25) is 4.79 Å². The van der Waals surface area contributed by atoms with Crippen molar-refractivity contribution in [3.8, 4) is 22.8 Å². The smallest absolute Gasteiger partial charge is 0.433 e. The second kappa shape index (κ2) is 11.0. The van der Waals surface area contributed by atoms with Crippen LogP contribution in [0.15, 0.2) is 59.8 Å². The first-order chi connectivity index (χ1) is 15.8. The Morgan fingerprint density at radius 1 is 0.970 bits per heavy atom. The summed E-state index contributed by atoms with van der Waals surface area (Å²) in [6.45, 7) is 0.342. The zero-order valence-corrected chi connectivity index (χ0v) is 18.8. The van der Waals surface area contributed by atoms with Gasteiger partial charge in [0.05, 0.1) is 19.9 Å². The number of alkyl halides is 3. The molecular weight excluding hydrogens is 455 g/mol. The van der Waals surface area contributed by atoms with Crippen LogP contribution in [-0.4, -0.2) is 35.8 Å². The average molecular weight is 478 g/mol. The number of halogens is 3. The Balaban J connectivity index is 1.62. The Morgan fingerprint density at radius 3 is 2.15 bits per heavy atom. The number of ether oxygens (including phenoxy) is 2. The van der Waals surface area contributed by atoms with Crippen molar-refractivity contribution in [2.45, 2.75) is 24.3 Å². The molecule has 3 aromatic rings. The third-order valence-corrected chi connectivity index (χ3v) is 5.44. The van der Waals surface area contributed by atoms with Crippen LogP contribution in [0.3, 0.4) is 0 Å². The van der Waals surface area contributed by atoms with Crippen LogP contribution in [0.1, 0.15) is 17.7 Å². The largest absolute Gasteiger partial charge is 0.497 e. The molecule has 1 N–H and O–H groups in total. The van der Waals surface area contributed by atoms with Crippen LogP contribution >= 0.6 is 11.8 Å². The summed E-state index contributed by atoms with van der Waals surface area (Å²) in [5, 5.41) is 2.74. The maximum atomic E-state index is 13.4. The summed E-state index contributed by atoms with van der Waals surface area (Å²) in [6.07, 6.45) is -4.51. The lowest BCUT2D eigenvalue weighted by atomic mass is 10.1. The number of rotatable bonds is 9. The first-order valence-electron chi connectivity index (χ1n) is 9.91. The van der Waals surface area contributed by atoms with E-state index in [2.05, 4.69) is 15.3 Å². The number of thioether (sulfide) groups is 1. The molecule has 0 aliphatic heterocycles. The van der Waals surface area contributed by atoms with E-state index >= 15 is 0 Å². The van der Waals surface area contributed by atoms with Gasteiger partial charge >= 0.3 is 6.18 Å². The molecule has 0 saturated heterocycles. The summed E-state index contributed by atoms with van der Waals surface area (Å²) in [4.78, 5) is 20.0. The third kappa shape index (κ3) is 7.11. The van der Waals surface area contributed by atoms with E-state index in [0.717, 1.165) is 29.1 Å². The fourth-order valence-corrected chi connectivity index (χ4v) is 3.61. The highest BCUT2D eigenvalue weighted by atomic mass is 32.2. The van der Waals surface area contributed by atoms with Crippen molar-refractivity contribution in [1.29, 1.82) is 0 Å². The minimum absolute atomic E-state index is 0.0430. The maximum absolute atomic E-state index is 13.4. The second-order valence-electron chi connectivity index (χ2n) is 6.87.